The number of hydrogen-bond donors (Lipinski definition) is 3. The lowest BCUT2D eigenvalue weighted by atomic mass is 9.96. The van der Waals surface area contributed by atoms with Crippen LogP contribution in [-0.4, -0.2) is 68.1 Å². The van der Waals surface area contributed by atoms with Crippen LogP contribution in [0.3, 0.4) is 0 Å². The third-order valence-corrected chi connectivity index (χ3v) is 8.67. The van der Waals surface area contributed by atoms with Crippen LogP contribution in [0.2, 0.25) is 0 Å². The Balaban J connectivity index is 1.18. The molecule has 43 heavy (non-hydrogen) atoms. The molecule has 0 spiro atoms. The maximum Gasteiger partial charge on any atom is 0.246 e. The lowest BCUT2D eigenvalue weighted by Gasteiger charge is -2.39. The number of aliphatic hydroxyl groups excluding tert-OH is 1. The molecule has 12 nitrogen and oxygen atoms in total. The first-order valence-corrected chi connectivity index (χ1v) is 15.0. The maximum atomic E-state index is 13.8. The zero-order valence-electron chi connectivity index (χ0n) is 24.0. The zero-order valence-corrected chi connectivity index (χ0v) is 24.8. The molecule has 14 heteroatoms. The number of anilines is 3. The molecule has 0 aromatic carbocycles. The van der Waals surface area contributed by atoms with Gasteiger partial charge in [0.1, 0.15) is 11.5 Å². The monoisotopic (exact) mass is 604 g/mol. The van der Waals surface area contributed by atoms with Gasteiger partial charge in [-0.15, -0.1) is 0 Å². The summed E-state index contributed by atoms with van der Waals surface area (Å²) < 4.78 is 22.0. The highest BCUT2D eigenvalue weighted by molar-refractivity contribution is 7.10. The summed E-state index contributed by atoms with van der Waals surface area (Å²) in [7, 11) is 0. The smallest absolute Gasteiger partial charge is 0.246 e. The Labute approximate surface area is 251 Å². The average Bonchev–Trinajstić information content (AvgIpc) is 3.80. The van der Waals surface area contributed by atoms with Crippen LogP contribution in [0.4, 0.5) is 20.9 Å². The number of nitrogens with one attached hydrogen (secondary N) is 2. The number of imidazole rings is 1. The lowest BCUT2D eigenvalue weighted by Crippen LogP contribution is -2.49. The van der Waals surface area contributed by atoms with Gasteiger partial charge in [-0.2, -0.15) is 9.47 Å². The van der Waals surface area contributed by atoms with Gasteiger partial charge in [0.2, 0.25) is 5.91 Å². The van der Waals surface area contributed by atoms with Crippen LogP contribution in [0, 0.1) is 12.7 Å². The predicted molar refractivity (Wildman–Crippen MR) is 162 cm³/mol. The molecule has 1 amide bonds. The van der Waals surface area contributed by atoms with Crippen molar-refractivity contribution in [2.45, 2.75) is 58.2 Å². The van der Waals surface area contributed by atoms with E-state index in [4.69, 9.17) is 4.98 Å². The fourth-order valence-corrected chi connectivity index (χ4v) is 6.44. The van der Waals surface area contributed by atoms with Crippen LogP contribution in [-0.2, 0) is 17.9 Å². The molecule has 5 aromatic heterocycles. The number of pyridine rings is 1. The SMILES string of the molecule is CCN(Cc1cc(Nc2nc(C)cn3c(-c4cnn(CC(=O)Nc5ccncc5F)c4)cnc23)sn1)C1(CO)CCCC1. The minimum atomic E-state index is -0.604. The molecule has 0 bridgehead atoms. The largest absolute Gasteiger partial charge is 0.394 e. The van der Waals surface area contributed by atoms with E-state index in [1.54, 1.807) is 18.6 Å². The molecule has 6 rings (SSSR count). The summed E-state index contributed by atoms with van der Waals surface area (Å²) >= 11 is 1.37. The number of nitrogens with zero attached hydrogens (tertiary/aromatic N) is 8. The van der Waals surface area contributed by atoms with Crippen LogP contribution < -0.4 is 10.6 Å². The van der Waals surface area contributed by atoms with E-state index in [-0.39, 0.29) is 24.4 Å². The number of aliphatic hydroxyl groups is 1. The third-order valence-electron chi connectivity index (χ3n) is 7.93. The van der Waals surface area contributed by atoms with Gasteiger partial charge in [0, 0.05) is 36.2 Å². The van der Waals surface area contributed by atoms with Gasteiger partial charge in [0.15, 0.2) is 17.3 Å². The Kier molecular flexibility index (Phi) is 8.15. The highest BCUT2D eigenvalue weighted by Gasteiger charge is 2.38. The molecule has 1 aliphatic carbocycles. The quantitative estimate of drug-likeness (QED) is 0.200. The van der Waals surface area contributed by atoms with Crippen molar-refractivity contribution in [1.82, 2.24) is 38.4 Å². The number of amides is 1. The Morgan fingerprint density at radius 2 is 2.07 bits per heavy atom. The van der Waals surface area contributed by atoms with Crippen molar-refractivity contribution in [2.75, 3.05) is 23.8 Å². The number of fused-ring (bicyclic) bond motifs is 1. The van der Waals surface area contributed by atoms with Gasteiger partial charge >= 0.3 is 0 Å². The number of aryl methyl sites for hydroxylation is 1. The minimum absolute atomic E-state index is 0.0656. The number of rotatable bonds is 11. The van der Waals surface area contributed by atoms with Crippen molar-refractivity contribution in [3.8, 4) is 11.3 Å². The lowest BCUT2D eigenvalue weighted by molar-refractivity contribution is -0.116. The Bertz CT molecular complexity index is 1740. The molecule has 5 aromatic rings. The van der Waals surface area contributed by atoms with Crippen molar-refractivity contribution in [3.05, 3.63) is 66.5 Å². The summed E-state index contributed by atoms with van der Waals surface area (Å²) in [5.74, 6) is -0.416. The summed E-state index contributed by atoms with van der Waals surface area (Å²) in [4.78, 5) is 27.8. The number of carbonyl (C=O) groups excluding carboxylic acids is 1. The van der Waals surface area contributed by atoms with E-state index in [1.807, 2.05) is 23.6 Å². The van der Waals surface area contributed by atoms with E-state index in [0.29, 0.717) is 18.0 Å². The Hall–Kier alpha value is -4.27. The summed E-state index contributed by atoms with van der Waals surface area (Å²) in [6, 6.07) is 3.43. The number of likely N-dealkylation sites (N-methyl/N-ethyl adjacent to an activating group) is 1. The van der Waals surface area contributed by atoms with E-state index in [0.717, 1.165) is 66.1 Å². The summed E-state index contributed by atoms with van der Waals surface area (Å²) in [6.07, 6.45) is 13.8. The van der Waals surface area contributed by atoms with Crippen LogP contribution in [0.5, 0.6) is 0 Å². The first kappa shape index (κ1) is 28.8. The van der Waals surface area contributed by atoms with Crippen molar-refractivity contribution < 1.29 is 14.3 Å². The van der Waals surface area contributed by atoms with E-state index in [2.05, 4.69) is 41.9 Å². The van der Waals surface area contributed by atoms with Crippen molar-refractivity contribution >= 4 is 39.6 Å². The Morgan fingerprint density at radius 3 is 2.84 bits per heavy atom. The first-order valence-electron chi connectivity index (χ1n) is 14.2. The molecule has 0 aliphatic heterocycles. The molecule has 0 radical (unpaired) electrons. The summed E-state index contributed by atoms with van der Waals surface area (Å²) in [6.45, 7) is 5.65. The van der Waals surface area contributed by atoms with Crippen molar-refractivity contribution in [3.63, 3.8) is 0 Å². The van der Waals surface area contributed by atoms with Gasteiger partial charge in [-0.05, 0) is 50.0 Å². The van der Waals surface area contributed by atoms with Crippen LogP contribution in [0.1, 0.15) is 44.0 Å². The maximum absolute atomic E-state index is 13.8. The molecule has 5 heterocycles. The molecule has 3 N–H and O–H groups in total. The van der Waals surface area contributed by atoms with Crippen LogP contribution >= 0.6 is 11.5 Å². The second-order valence-electron chi connectivity index (χ2n) is 10.8. The van der Waals surface area contributed by atoms with Gasteiger partial charge in [0.25, 0.3) is 0 Å². The Morgan fingerprint density at radius 1 is 1.23 bits per heavy atom. The summed E-state index contributed by atoms with van der Waals surface area (Å²) in [5.41, 5.74) is 3.82. The standard InChI is InChI=1S/C29H33FN10O2S/c1-3-38(29(18-41)7-4-5-8-29)16-21-10-26(43-37-21)36-27-28-32-13-24(40(28)14-19(2)34-27)20-11-33-39(15-20)17-25(42)35-23-6-9-31-12-22(23)30/h6,9-15,41H,3-5,7-8,16-18H2,1-2H3,(H,34,36)(H,31,35,42). The van der Waals surface area contributed by atoms with E-state index < -0.39 is 11.7 Å². The van der Waals surface area contributed by atoms with E-state index >= 15 is 0 Å². The highest BCUT2D eigenvalue weighted by Crippen LogP contribution is 2.36. The van der Waals surface area contributed by atoms with Crippen LogP contribution in [0.15, 0.2) is 49.3 Å². The van der Waals surface area contributed by atoms with Crippen molar-refractivity contribution in [1.29, 1.82) is 0 Å². The molecular formula is C29H33FN10O2S. The van der Waals surface area contributed by atoms with Gasteiger partial charge in [0.05, 0.1) is 48.0 Å². The number of halogens is 1. The average molecular weight is 605 g/mol. The summed E-state index contributed by atoms with van der Waals surface area (Å²) in [5, 5.41) is 21.3. The van der Waals surface area contributed by atoms with Gasteiger partial charge < -0.3 is 15.7 Å². The molecule has 1 saturated carbocycles. The van der Waals surface area contributed by atoms with Gasteiger partial charge in [-0.25, -0.2) is 14.4 Å². The minimum Gasteiger partial charge on any atom is -0.394 e. The zero-order chi connectivity index (χ0) is 30.0. The van der Waals surface area contributed by atoms with Crippen molar-refractivity contribution in [2.24, 2.45) is 0 Å². The van der Waals surface area contributed by atoms with E-state index in [9.17, 15) is 14.3 Å². The number of carbonyl (C=O) groups is 1. The number of aromatic nitrogens is 7. The molecular weight excluding hydrogens is 571 g/mol. The second-order valence-corrected chi connectivity index (χ2v) is 11.6. The molecule has 1 aliphatic rings. The van der Waals surface area contributed by atoms with Gasteiger partial charge in [-0.1, -0.05) is 19.8 Å². The van der Waals surface area contributed by atoms with E-state index in [1.165, 1.54) is 28.5 Å². The third kappa shape index (κ3) is 5.98. The molecule has 0 unspecified atom stereocenters. The topological polar surface area (TPSA) is 138 Å². The molecule has 1 fully saturated rings. The van der Waals surface area contributed by atoms with Gasteiger partial charge in [-0.3, -0.25) is 23.8 Å². The fraction of sp³-hybridized carbons (Fsp3) is 0.379. The fourth-order valence-electron chi connectivity index (χ4n) is 5.78. The molecule has 0 saturated heterocycles. The van der Waals surface area contributed by atoms with Crippen LogP contribution in [0.25, 0.3) is 16.9 Å². The predicted octanol–water partition coefficient (Wildman–Crippen LogP) is 4.40. The first-order chi connectivity index (χ1) is 20.9. The number of hydrogen-bond acceptors (Lipinski definition) is 10. The molecule has 0 atom stereocenters. The molecule has 224 valence electrons. The second kappa shape index (κ2) is 12.1. The normalized spacial score (nSPS) is 14.5. The highest BCUT2D eigenvalue weighted by atomic mass is 32.1.